The Labute approximate surface area is 110 Å². The molecule has 0 aliphatic heterocycles. The molecule has 0 radical (unpaired) electrons. The van der Waals surface area contributed by atoms with Crippen LogP contribution >= 0.6 is 34.8 Å². The van der Waals surface area contributed by atoms with Gasteiger partial charge < -0.3 is 11.1 Å². The van der Waals surface area contributed by atoms with Gasteiger partial charge in [0, 0.05) is 0 Å². The molecule has 0 unspecified atom stereocenters. The average molecular weight is 249 g/mol. The fourth-order valence-electron chi connectivity index (χ4n) is 0.303. The van der Waals surface area contributed by atoms with Gasteiger partial charge in [0.1, 0.15) is 0 Å². The van der Waals surface area contributed by atoms with Gasteiger partial charge in [-0.2, -0.15) is 15.0 Å². The molecule has 0 fully saturated rings. The van der Waals surface area contributed by atoms with E-state index in [-0.39, 0.29) is 45.4 Å². The molecule has 0 atom stereocenters. The molecule has 1 rings (SSSR count). The van der Waals surface area contributed by atoms with Crippen LogP contribution < -0.4 is 29.6 Å². The van der Waals surface area contributed by atoms with Crippen LogP contribution in [0.4, 0.5) is 0 Å². The minimum atomic E-state index is 0. The number of nitrogens with zero attached hydrogens (tertiary/aromatic N) is 6. The zero-order valence-electron chi connectivity index (χ0n) is 6.32. The van der Waals surface area contributed by atoms with E-state index in [0.29, 0.717) is 0 Å². The van der Waals surface area contributed by atoms with Gasteiger partial charge in [0.25, 0.3) is 0 Å². The van der Waals surface area contributed by atoms with E-state index in [2.05, 4.69) is 15.0 Å². The first-order valence-electron chi connectivity index (χ1n) is 2.31. The summed E-state index contributed by atoms with van der Waals surface area (Å²) in [5.74, 6) is 0. The molecule has 1 aromatic heterocycles. The summed E-state index contributed by atoms with van der Waals surface area (Å²) >= 11 is 16.0. The summed E-state index contributed by atoms with van der Waals surface area (Å²) in [6.07, 6.45) is 0. The van der Waals surface area contributed by atoms with Gasteiger partial charge in [-0.15, -0.1) is 0 Å². The summed E-state index contributed by atoms with van der Waals surface area (Å²) in [4.78, 5) is 11.9. The first-order valence-corrected chi connectivity index (χ1v) is 3.44. The summed E-state index contributed by atoms with van der Waals surface area (Å²) in [6.45, 7) is 0. The largest absolute Gasteiger partial charge is 1.00 e. The second-order valence-corrected chi connectivity index (χ2v) is 2.25. The molecular formula is C3Cl3N6Na. The van der Waals surface area contributed by atoms with Crippen LogP contribution in [0.1, 0.15) is 0 Å². The summed E-state index contributed by atoms with van der Waals surface area (Å²) in [5.41, 5.74) is 13.5. The van der Waals surface area contributed by atoms with Crippen molar-refractivity contribution in [3.8, 4) is 0 Å². The van der Waals surface area contributed by atoms with E-state index in [1.165, 1.54) is 4.91 Å². The molecule has 0 aromatic carbocycles. The van der Waals surface area contributed by atoms with Crippen molar-refractivity contribution in [3.05, 3.63) is 31.8 Å². The van der Waals surface area contributed by atoms with Crippen molar-refractivity contribution in [3.63, 3.8) is 0 Å². The Morgan fingerprint density at radius 3 is 1.15 bits per heavy atom. The molecule has 0 amide bonds. The zero-order valence-corrected chi connectivity index (χ0v) is 10.6. The van der Waals surface area contributed by atoms with Gasteiger partial charge >= 0.3 is 29.6 Å². The molecule has 1 aromatic rings. The van der Waals surface area contributed by atoms with Gasteiger partial charge in [-0.25, -0.2) is 0 Å². The molecule has 0 saturated carbocycles. The number of hydrogen-bond donors (Lipinski definition) is 0. The SMILES string of the molecule is Clc1nc(Cl)nc(Cl)n1.[N-]=[N+]=[N-].[Na+]. The van der Waals surface area contributed by atoms with Crippen molar-refractivity contribution in [2.24, 2.45) is 0 Å². The smallest absolute Gasteiger partial charge is 0.373 e. The standard InChI is InChI=1S/C3Cl3N3.N3.Na/c4-1-7-2(5)9-3(6)8-1;1-3-2;/q;-1;+1. The predicted molar refractivity (Wildman–Crippen MR) is 44.9 cm³/mol. The summed E-state index contributed by atoms with van der Waals surface area (Å²) in [5, 5.41) is 0.00000000000000178. The van der Waals surface area contributed by atoms with E-state index in [1.54, 1.807) is 0 Å². The van der Waals surface area contributed by atoms with E-state index in [9.17, 15) is 0 Å². The molecule has 0 bridgehead atoms. The van der Waals surface area contributed by atoms with E-state index >= 15 is 0 Å². The molecule has 6 nitrogen and oxygen atoms in total. The second-order valence-electron chi connectivity index (χ2n) is 1.23. The van der Waals surface area contributed by atoms with Gasteiger partial charge in [-0.3, -0.25) is 4.91 Å². The molecule has 0 spiro atoms. The van der Waals surface area contributed by atoms with Gasteiger partial charge in [0.2, 0.25) is 15.9 Å². The van der Waals surface area contributed by atoms with E-state index < -0.39 is 0 Å². The third-order valence-electron chi connectivity index (χ3n) is 0.554. The molecule has 0 aliphatic rings. The Morgan fingerprint density at radius 2 is 1.00 bits per heavy atom. The summed E-state index contributed by atoms with van der Waals surface area (Å²) in [6, 6.07) is 0. The van der Waals surface area contributed by atoms with Crippen molar-refractivity contribution >= 4 is 34.8 Å². The molecule has 10 heteroatoms. The first kappa shape index (κ1) is 15.7. The number of hydrogen-bond acceptors (Lipinski definition) is 3. The maximum Gasteiger partial charge on any atom is 1.00 e. The Morgan fingerprint density at radius 1 is 0.846 bits per heavy atom. The van der Waals surface area contributed by atoms with Gasteiger partial charge in [0.05, 0.1) is 0 Å². The third-order valence-corrected chi connectivity index (χ3v) is 1.06. The quantitative estimate of drug-likeness (QED) is 0.273. The summed E-state index contributed by atoms with van der Waals surface area (Å²) in [7, 11) is 0. The monoisotopic (exact) mass is 248 g/mol. The van der Waals surface area contributed by atoms with Gasteiger partial charge in [0.15, 0.2) is 0 Å². The van der Waals surface area contributed by atoms with Gasteiger partial charge in [-0.05, 0) is 34.8 Å². The van der Waals surface area contributed by atoms with E-state index in [1.807, 2.05) is 0 Å². The van der Waals surface area contributed by atoms with Crippen LogP contribution in [0.5, 0.6) is 0 Å². The number of halogens is 3. The molecule has 0 N–H and O–H groups in total. The van der Waals surface area contributed by atoms with Crippen LogP contribution in [0.2, 0.25) is 15.9 Å². The molecule has 64 valence electrons. The van der Waals surface area contributed by atoms with Crippen LogP contribution in [-0.2, 0) is 0 Å². The maximum atomic E-state index is 6.75. The van der Waals surface area contributed by atoms with Crippen LogP contribution in [0.25, 0.3) is 16.0 Å². The second kappa shape index (κ2) is 8.77. The third kappa shape index (κ3) is 8.52. The Bertz CT molecular complexity index is 249. The minimum Gasteiger partial charge on any atom is -0.373 e. The first-order chi connectivity index (χ1) is 5.60. The normalized spacial score (nSPS) is 7.31. The van der Waals surface area contributed by atoms with Crippen LogP contribution in [0, 0.1) is 0 Å². The van der Waals surface area contributed by atoms with Crippen LogP contribution in [0.3, 0.4) is 0 Å². The number of rotatable bonds is 0. The minimum absolute atomic E-state index is 0. The van der Waals surface area contributed by atoms with Crippen LogP contribution in [0.15, 0.2) is 0 Å². The fourth-order valence-corrected chi connectivity index (χ4v) is 0.913. The molecule has 13 heavy (non-hydrogen) atoms. The van der Waals surface area contributed by atoms with Crippen LogP contribution in [-0.4, -0.2) is 15.0 Å². The molecule has 0 aliphatic carbocycles. The Hall–Kier alpha value is 0.190. The van der Waals surface area contributed by atoms with Gasteiger partial charge in [-0.1, -0.05) is 0 Å². The number of aromatic nitrogens is 3. The fraction of sp³-hybridized carbons (Fsp3) is 0. The van der Waals surface area contributed by atoms with E-state index in [4.69, 9.17) is 45.9 Å². The van der Waals surface area contributed by atoms with Crippen molar-refractivity contribution in [1.82, 2.24) is 15.0 Å². The van der Waals surface area contributed by atoms with Crippen molar-refractivity contribution in [2.45, 2.75) is 0 Å². The topological polar surface area (TPSA) is 97.4 Å². The van der Waals surface area contributed by atoms with E-state index in [0.717, 1.165) is 0 Å². The average Bonchev–Trinajstić information content (AvgIpc) is 1.84. The maximum absolute atomic E-state index is 6.75. The Kier molecular flexibility index (Phi) is 10.6. The summed E-state index contributed by atoms with van der Waals surface area (Å²) < 4.78 is 0. The van der Waals surface area contributed by atoms with Crippen molar-refractivity contribution in [1.29, 1.82) is 0 Å². The van der Waals surface area contributed by atoms with Crippen molar-refractivity contribution < 1.29 is 29.6 Å². The van der Waals surface area contributed by atoms with Crippen molar-refractivity contribution in [2.75, 3.05) is 0 Å². The molecular weight excluding hydrogens is 249 g/mol. The zero-order chi connectivity index (χ0) is 9.56. The Balaban J connectivity index is 0. The predicted octanol–water partition coefficient (Wildman–Crippen LogP) is -0.298. The molecule has 0 saturated heterocycles. The molecule has 1 heterocycles.